The monoisotopic (exact) mass is 226 g/mol. The first-order chi connectivity index (χ1) is 7.49. The van der Waals surface area contributed by atoms with E-state index < -0.39 is 0 Å². The van der Waals surface area contributed by atoms with Gasteiger partial charge in [0.1, 0.15) is 0 Å². The molecule has 0 fully saturated rings. The van der Waals surface area contributed by atoms with Crippen molar-refractivity contribution >= 4 is 0 Å². The zero-order valence-corrected chi connectivity index (χ0v) is 10.5. The molecule has 1 aromatic heterocycles. The van der Waals surface area contributed by atoms with E-state index in [4.69, 9.17) is 15.0 Å². The number of nitrogens with one attached hydrogen (secondary N) is 1. The second kappa shape index (κ2) is 5.48. The van der Waals surface area contributed by atoms with Gasteiger partial charge in [0.25, 0.3) is 0 Å². The molecule has 0 saturated carbocycles. The summed E-state index contributed by atoms with van der Waals surface area (Å²) in [6.45, 7) is 6.42. The zero-order chi connectivity index (χ0) is 12.2. The number of rotatable bonds is 5. The Kier molecular flexibility index (Phi) is 4.53. The van der Waals surface area contributed by atoms with Crippen LogP contribution in [0.15, 0.2) is 23.0 Å². The molecule has 2 atom stereocenters. The van der Waals surface area contributed by atoms with E-state index in [0.717, 1.165) is 12.0 Å². The van der Waals surface area contributed by atoms with E-state index in [1.165, 1.54) is 0 Å². The van der Waals surface area contributed by atoms with Gasteiger partial charge >= 0.3 is 0 Å². The van der Waals surface area contributed by atoms with Crippen LogP contribution in [0.5, 0.6) is 0 Å². The predicted molar refractivity (Wildman–Crippen MR) is 63.8 cm³/mol. The molecule has 0 bridgehead atoms. The average Bonchev–Trinajstić information content (AvgIpc) is 2.67. The van der Waals surface area contributed by atoms with Gasteiger partial charge < -0.3 is 9.15 Å². The summed E-state index contributed by atoms with van der Waals surface area (Å²) in [5.41, 5.74) is 3.99. The highest BCUT2D eigenvalue weighted by Crippen LogP contribution is 2.25. The number of hydrogen-bond acceptors (Lipinski definition) is 4. The second-order valence-corrected chi connectivity index (χ2v) is 5.13. The summed E-state index contributed by atoms with van der Waals surface area (Å²) >= 11 is 0. The zero-order valence-electron chi connectivity index (χ0n) is 10.5. The van der Waals surface area contributed by atoms with Crippen LogP contribution in [0.4, 0.5) is 0 Å². The van der Waals surface area contributed by atoms with Crippen molar-refractivity contribution in [3.05, 3.63) is 24.2 Å². The third-order valence-corrected chi connectivity index (χ3v) is 2.72. The number of nitrogens with two attached hydrogens (primary N) is 1. The van der Waals surface area contributed by atoms with E-state index in [2.05, 4.69) is 26.2 Å². The standard InChI is InChI=1S/C12H22N2O2/c1-12(2,3)11(15-4)10(14-13)7-9-5-6-16-8-9/h5-6,8,10-11,14H,7,13H2,1-4H3. The summed E-state index contributed by atoms with van der Waals surface area (Å²) in [4.78, 5) is 0. The second-order valence-electron chi connectivity index (χ2n) is 5.13. The quantitative estimate of drug-likeness (QED) is 0.593. The SMILES string of the molecule is COC(C(Cc1ccoc1)NN)C(C)(C)C. The molecule has 92 valence electrons. The molecule has 1 rings (SSSR count). The highest BCUT2D eigenvalue weighted by molar-refractivity contribution is 5.08. The first-order valence-electron chi connectivity index (χ1n) is 5.49. The van der Waals surface area contributed by atoms with Crippen molar-refractivity contribution < 1.29 is 9.15 Å². The van der Waals surface area contributed by atoms with Crippen LogP contribution in [-0.2, 0) is 11.2 Å². The molecule has 1 heterocycles. The van der Waals surface area contributed by atoms with Gasteiger partial charge in [-0.2, -0.15) is 0 Å². The first-order valence-corrected chi connectivity index (χ1v) is 5.49. The van der Waals surface area contributed by atoms with E-state index in [9.17, 15) is 0 Å². The molecule has 0 aliphatic rings. The molecule has 0 aliphatic heterocycles. The molecule has 4 heteroatoms. The molecule has 0 aliphatic carbocycles. The Morgan fingerprint density at radius 1 is 1.50 bits per heavy atom. The van der Waals surface area contributed by atoms with Crippen molar-refractivity contribution in [3.8, 4) is 0 Å². The van der Waals surface area contributed by atoms with Gasteiger partial charge in [-0.1, -0.05) is 20.8 Å². The predicted octanol–water partition coefficient (Wildman–Crippen LogP) is 1.72. The van der Waals surface area contributed by atoms with E-state index in [1.54, 1.807) is 19.6 Å². The molecule has 0 amide bonds. The van der Waals surface area contributed by atoms with Crippen molar-refractivity contribution in [1.29, 1.82) is 0 Å². The third kappa shape index (κ3) is 3.33. The highest BCUT2D eigenvalue weighted by Gasteiger charge is 2.31. The highest BCUT2D eigenvalue weighted by atomic mass is 16.5. The molecule has 2 unspecified atom stereocenters. The molecular formula is C12H22N2O2. The number of methoxy groups -OCH3 is 1. The first kappa shape index (κ1) is 13.2. The van der Waals surface area contributed by atoms with Gasteiger partial charge in [-0.25, -0.2) is 0 Å². The van der Waals surface area contributed by atoms with Crippen LogP contribution in [-0.4, -0.2) is 19.3 Å². The van der Waals surface area contributed by atoms with Gasteiger partial charge in [0, 0.05) is 7.11 Å². The third-order valence-electron chi connectivity index (χ3n) is 2.72. The van der Waals surface area contributed by atoms with Crippen LogP contribution in [0.3, 0.4) is 0 Å². The largest absolute Gasteiger partial charge is 0.472 e. The van der Waals surface area contributed by atoms with E-state index in [0.29, 0.717) is 0 Å². The topological polar surface area (TPSA) is 60.4 Å². The lowest BCUT2D eigenvalue weighted by molar-refractivity contribution is -0.0110. The molecule has 0 spiro atoms. The van der Waals surface area contributed by atoms with E-state index in [-0.39, 0.29) is 17.6 Å². The van der Waals surface area contributed by atoms with Gasteiger partial charge in [-0.05, 0) is 23.5 Å². The molecule has 1 aromatic rings. The lowest BCUT2D eigenvalue weighted by Crippen LogP contribution is -2.51. The minimum absolute atomic E-state index is 0.0372. The number of hydrogen-bond donors (Lipinski definition) is 2. The summed E-state index contributed by atoms with van der Waals surface area (Å²) in [6.07, 6.45) is 4.25. The van der Waals surface area contributed by atoms with Gasteiger partial charge in [-0.3, -0.25) is 11.3 Å². The molecule has 16 heavy (non-hydrogen) atoms. The number of furan rings is 1. The summed E-state index contributed by atoms with van der Waals surface area (Å²) in [5.74, 6) is 5.60. The maximum absolute atomic E-state index is 5.60. The van der Waals surface area contributed by atoms with Crippen LogP contribution in [0.1, 0.15) is 26.3 Å². The molecular weight excluding hydrogens is 204 g/mol. The molecule has 4 nitrogen and oxygen atoms in total. The lowest BCUT2D eigenvalue weighted by atomic mass is 9.83. The van der Waals surface area contributed by atoms with Crippen molar-refractivity contribution in [3.63, 3.8) is 0 Å². The Labute approximate surface area is 97.1 Å². The Hall–Kier alpha value is -0.840. The summed E-state index contributed by atoms with van der Waals surface area (Å²) in [6, 6.07) is 2.02. The Balaban J connectivity index is 2.72. The van der Waals surface area contributed by atoms with E-state index >= 15 is 0 Å². The fourth-order valence-corrected chi connectivity index (χ4v) is 2.04. The summed E-state index contributed by atoms with van der Waals surface area (Å²) < 4.78 is 10.6. The van der Waals surface area contributed by atoms with Crippen LogP contribution < -0.4 is 11.3 Å². The Morgan fingerprint density at radius 2 is 2.19 bits per heavy atom. The van der Waals surface area contributed by atoms with Gasteiger partial charge in [-0.15, -0.1) is 0 Å². The summed E-state index contributed by atoms with van der Waals surface area (Å²) in [5, 5.41) is 0. The lowest BCUT2D eigenvalue weighted by Gasteiger charge is -2.35. The van der Waals surface area contributed by atoms with Crippen LogP contribution in [0.2, 0.25) is 0 Å². The van der Waals surface area contributed by atoms with Gasteiger partial charge in [0.15, 0.2) is 0 Å². The maximum atomic E-state index is 5.60. The molecule has 0 saturated heterocycles. The van der Waals surface area contributed by atoms with Crippen molar-refractivity contribution in [2.45, 2.75) is 39.3 Å². The average molecular weight is 226 g/mol. The fourth-order valence-electron chi connectivity index (χ4n) is 2.04. The molecule has 0 aromatic carbocycles. The van der Waals surface area contributed by atoms with Crippen LogP contribution >= 0.6 is 0 Å². The minimum Gasteiger partial charge on any atom is -0.472 e. The minimum atomic E-state index is 0.0372. The smallest absolute Gasteiger partial charge is 0.0935 e. The fraction of sp³-hybridized carbons (Fsp3) is 0.667. The van der Waals surface area contributed by atoms with Gasteiger partial charge in [0.05, 0.1) is 24.7 Å². The Bertz CT molecular complexity index is 290. The van der Waals surface area contributed by atoms with Gasteiger partial charge in [0.2, 0.25) is 0 Å². The van der Waals surface area contributed by atoms with Crippen LogP contribution in [0.25, 0.3) is 0 Å². The van der Waals surface area contributed by atoms with Crippen LogP contribution in [0, 0.1) is 5.41 Å². The number of hydrazine groups is 1. The molecule has 0 radical (unpaired) electrons. The molecule has 3 N–H and O–H groups in total. The number of ether oxygens (including phenoxy) is 1. The Morgan fingerprint density at radius 3 is 2.56 bits per heavy atom. The van der Waals surface area contributed by atoms with E-state index in [1.807, 2.05) is 6.07 Å². The van der Waals surface area contributed by atoms with Crippen molar-refractivity contribution in [2.75, 3.05) is 7.11 Å². The van der Waals surface area contributed by atoms with Crippen molar-refractivity contribution in [1.82, 2.24) is 5.43 Å². The normalized spacial score (nSPS) is 16.1. The summed E-state index contributed by atoms with van der Waals surface area (Å²) in [7, 11) is 1.72. The van der Waals surface area contributed by atoms with Crippen molar-refractivity contribution in [2.24, 2.45) is 11.3 Å². The maximum Gasteiger partial charge on any atom is 0.0935 e.